The highest BCUT2D eigenvalue weighted by Crippen LogP contribution is 2.17. The third-order valence-corrected chi connectivity index (χ3v) is 2.92. The molecule has 5 heteroatoms. The molecule has 1 unspecified atom stereocenters. The van der Waals surface area contributed by atoms with E-state index in [-0.39, 0.29) is 6.03 Å². The van der Waals surface area contributed by atoms with Crippen LogP contribution in [0, 0.1) is 0 Å². The van der Waals surface area contributed by atoms with Gasteiger partial charge in [-0.2, -0.15) is 0 Å². The number of hydrogen-bond acceptors (Lipinski definition) is 2. The van der Waals surface area contributed by atoms with Gasteiger partial charge in [-0.25, -0.2) is 9.18 Å². The van der Waals surface area contributed by atoms with Gasteiger partial charge in [0.1, 0.15) is 0 Å². The maximum atomic E-state index is 12.6. The summed E-state index contributed by atoms with van der Waals surface area (Å²) in [6, 6.07) is 0.111. The first-order chi connectivity index (χ1) is 8.97. The Labute approximate surface area is 114 Å². The average Bonchev–Trinajstić information content (AvgIpc) is 2.77. The van der Waals surface area contributed by atoms with Crippen LogP contribution in [0.1, 0.15) is 39.5 Å². The van der Waals surface area contributed by atoms with E-state index in [4.69, 9.17) is 4.74 Å². The summed E-state index contributed by atoms with van der Waals surface area (Å²) in [5.74, 6) is 0.443. The largest absolute Gasteiger partial charge is 0.465 e. The molecule has 0 saturated heterocycles. The number of ether oxygens (including phenoxy) is 1. The van der Waals surface area contributed by atoms with Crippen molar-refractivity contribution in [3.05, 3.63) is 24.0 Å². The van der Waals surface area contributed by atoms with E-state index < -0.39 is 6.36 Å². The van der Waals surface area contributed by atoms with Crippen LogP contribution in [0.25, 0.3) is 0 Å². The Bertz CT molecular complexity index is 347. The molecule has 1 atom stereocenters. The highest BCUT2D eigenvalue weighted by molar-refractivity contribution is 5.74. The predicted molar refractivity (Wildman–Crippen MR) is 73.3 cm³/mol. The van der Waals surface area contributed by atoms with Gasteiger partial charge in [0.2, 0.25) is 6.36 Å². The molecule has 1 rings (SSSR count). The summed E-state index contributed by atoms with van der Waals surface area (Å²) in [6.07, 6.45) is 4.73. The zero-order chi connectivity index (χ0) is 14.3. The van der Waals surface area contributed by atoms with E-state index in [0.717, 1.165) is 12.8 Å². The highest BCUT2D eigenvalue weighted by atomic mass is 19.1. The number of urea groups is 1. The number of rotatable bonds is 6. The third kappa shape index (κ3) is 6.84. The molecular weight excluding hydrogens is 247 g/mol. The molecule has 0 aromatic heterocycles. The molecule has 2 amide bonds. The fraction of sp³-hybridized carbons (Fsp3) is 0.643. The Hall–Kier alpha value is -1.52. The van der Waals surface area contributed by atoms with Crippen molar-refractivity contribution < 1.29 is 13.9 Å². The van der Waals surface area contributed by atoms with Crippen molar-refractivity contribution in [2.75, 3.05) is 6.54 Å². The van der Waals surface area contributed by atoms with E-state index >= 15 is 0 Å². The van der Waals surface area contributed by atoms with Crippen molar-refractivity contribution in [2.45, 2.75) is 51.9 Å². The number of nitrogens with one attached hydrogen (secondary N) is 2. The van der Waals surface area contributed by atoms with E-state index in [0.29, 0.717) is 23.9 Å². The topological polar surface area (TPSA) is 50.4 Å². The molecule has 0 aromatic carbocycles. The summed E-state index contributed by atoms with van der Waals surface area (Å²) in [4.78, 5) is 11.6. The molecule has 1 fully saturated rings. The standard InChI is InChI=1S/C14H23FN2O2/c1-10(8-11(2)19-12(3)15)9-16-14(18)17-13-6-4-5-7-13/h8,12-13H,1,4-7,9H2,2-3H3,(H2,16,17,18)/b11-8+. The second kappa shape index (κ2) is 7.81. The summed E-state index contributed by atoms with van der Waals surface area (Å²) in [6.45, 7) is 7.07. The maximum Gasteiger partial charge on any atom is 0.315 e. The normalized spacial score (nSPS) is 17.9. The van der Waals surface area contributed by atoms with Gasteiger partial charge >= 0.3 is 6.03 Å². The molecule has 1 aliphatic rings. The van der Waals surface area contributed by atoms with Crippen molar-refractivity contribution in [2.24, 2.45) is 0 Å². The van der Waals surface area contributed by atoms with E-state index in [2.05, 4.69) is 17.2 Å². The number of allylic oxidation sites excluding steroid dienone is 1. The van der Waals surface area contributed by atoms with Crippen LogP contribution in [0.4, 0.5) is 9.18 Å². The monoisotopic (exact) mass is 270 g/mol. The Kier molecular flexibility index (Phi) is 6.39. The van der Waals surface area contributed by atoms with E-state index in [1.807, 2.05) is 0 Å². The van der Waals surface area contributed by atoms with E-state index in [1.54, 1.807) is 13.0 Å². The lowest BCUT2D eigenvalue weighted by Gasteiger charge is -2.13. The second-order valence-electron chi connectivity index (χ2n) is 4.88. The van der Waals surface area contributed by atoms with Gasteiger partial charge in [0, 0.05) is 19.5 Å². The molecule has 4 nitrogen and oxygen atoms in total. The molecular formula is C14H23FN2O2. The summed E-state index contributed by atoms with van der Waals surface area (Å²) < 4.78 is 17.4. The summed E-state index contributed by atoms with van der Waals surface area (Å²) in [5, 5.41) is 5.64. The number of alkyl halides is 1. The van der Waals surface area contributed by atoms with Crippen molar-refractivity contribution >= 4 is 6.03 Å². The van der Waals surface area contributed by atoms with Crippen LogP contribution in [0.15, 0.2) is 24.0 Å². The van der Waals surface area contributed by atoms with Gasteiger partial charge in [0.05, 0.1) is 5.76 Å². The van der Waals surface area contributed by atoms with Gasteiger partial charge in [-0.05, 0) is 31.4 Å². The minimum atomic E-state index is -1.34. The summed E-state index contributed by atoms with van der Waals surface area (Å²) in [7, 11) is 0. The van der Waals surface area contributed by atoms with Gasteiger partial charge in [-0.15, -0.1) is 0 Å². The maximum absolute atomic E-state index is 12.6. The molecule has 1 saturated carbocycles. The molecule has 19 heavy (non-hydrogen) atoms. The summed E-state index contributed by atoms with van der Waals surface area (Å²) in [5.41, 5.74) is 0.666. The van der Waals surface area contributed by atoms with Crippen LogP contribution in [-0.4, -0.2) is 25.0 Å². The van der Waals surface area contributed by atoms with Crippen molar-refractivity contribution in [1.29, 1.82) is 0 Å². The van der Waals surface area contributed by atoms with Crippen LogP contribution in [-0.2, 0) is 4.74 Å². The number of carbonyl (C=O) groups excluding carboxylic acids is 1. The Morgan fingerprint density at radius 1 is 1.53 bits per heavy atom. The van der Waals surface area contributed by atoms with E-state index in [9.17, 15) is 9.18 Å². The van der Waals surface area contributed by atoms with Gasteiger partial charge in [0.25, 0.3) is 0 Å². The first kappa shape index (κ1) is 15.5. The fourth-order valence-corrected chi connectivity index (χ4v) is 2.13. The number of hydrogen-bond donors (Lipinski definition) is 2. The first-order valence-electron chi connectivity index (χ1n) is 6.68. The smallest absolute Gasteiger partial charge is 0.315 e. The van der Waals surface area contributed by atoms with Crippen LogP contribution in [0.5, 0.6) is 0 Å². The lowest BCUT2D eigenvalue weighted by molar-refractivity contribution is 0.0230. The molecule has 2 N–H and O–H groups in total. The Morgan fingerprint density at radius 2 is 2.16 bits per heavy atom. The quantitative estimate of drug-likeness (QED) is 0.576. The average molecular weight is 270 g/mol. The lowest BCUT2D eigenvalue weighted by atomic mass is 10.2. The highest BCUT2D eigenvalue weighted by Gasteiger charge is 2.16. The Balaban J connectivity index is 2.23. The predicted octanol–water partition coefficient (Wildman–Crippen LogP) is 3.02. The number of carbonyl (C=O) groups is 1. The van der Waals surface area contributed by atoms with Gasteiger partial charge in [0.15, 0.2) is 0 Å². The Morgan fingerprint density at radius 3 is 2.74 bits per heavy atom. The molecule has 0 bridgehead atoms. The van der Waals surface area contributed by atoms with Crippen LogP contribution in [0.2, 0.25) is 0 Å². The zero-order valence-corrected chi connectivity index (χ0v) is 11.7. The molecule has 0 spiro atoms. The minimum absolute atomic E-state index is 0.182. The van der Waals surface area contributed by atoms with Crippen LogP contribution >= 0.6 is 0 Å². The van der Waals surface area contributed by atoms with Gasteiger partial charge < -0.3 is 15.4 Å². The van der Waals surface area contributed by atoms with Crippen molar-refractivity contribution in [3.8, 4) is 0 Å². The number of halogens is 1. The minimum Gasteiger partial charge on any atom is -0.465 e. The molecule has 0 aromatic rings. The molecule has 0 heterocycles. The van der Waals surface area contributed by atoms with Gasteiger partial charge in [-0.3, -0.25) is 0 Å². The molecule has 108 valence electrons. The van der Waals surface area contributed by atoms with Crippen molar-refractivity contribution in [1.82, 2.24) is 10.6 Å². The molecule has 0 aliphatic heterocycles. The zero-order valence-electron chi connectivity index (χ0n) is 11.7. The van der Waals surface area contributed by atoms with Crippen LogP contribution < -0.4 is 10.6 Å². The number of amides is 2. The SMILES string of the molecule is C=C(/C=C(\C)OC(C)F)CNC(=O)NC1CCCC1. The van der Waals surface area contributed by atoms with E-state index in [1.165, 1.54) is 19.8 Å². The molecule has 1 aliphatic carbocycles. The lowest BCUT2D eigenvalue weighted by Crippen LogP contribution is -2.41. The molecule has 0 radical (unpaired) electrons. The fourth-order valence-electron chi connectivity index (χ4n) is 2.13. The first-order valence-corrected chi connectivity index (χ1v) is 6.68. The summed E-state index contributed by atoms with van der Waals surface area (Å²) >= 11 is 0. The second-order valence-corrected chi connectivity index (χ2v) is 4.88. The van der Waals surface area contributed by atoms with Gasteiger partial charge in [-0.1, -0.05) is 19.4 Å². The van der Waals surface area contributed by atoms with Crippen molar-refractivity contribution in [3.63, 3.8) is 0 Å². The van der Waals surface area contributed by atoms with Crippen LogP contribution in [0.3, 0.4) is 0 Å². The third-order valence-electron chi connectivity index (χ3n) is 2.92.